The maximum atomic E-state index is 12.7. The maximum absolute atomic E-state index is 12.7. The molecule has 0 unspecified atom stereocenters. The van der Waals surface area contributed by atoms with Crippen molar-refractivity contribution < 1.29 is 15.0 Å². The minimum Gasteiger partial charge on any atom is -0.508 e. The van der Waals surface area contributed by atoms with Crippen LogP contribution < -0.4 is 5.32 Å². The van der Waals surface area contributed by atoms with Crippen LogP contribution in [0.1, 0.15) is 60.3 Å². The highest BCUT2D eigenvalue weighted by molar-refractivity contribution is 9.10. The van der Waals surface area contributed by atoms with Crippen LogP contribution in [0.15, 0.2) is 22.7 Å². The van der Waals surface area contributed by atoms with Gasteiger partial charge in [-0.25, -0.2) is 0 Å². The van der Waals surface area contributed by atoms with Gasteiger partial charge in [0.15, 0.2) is 0 Å². The highest BCUT2D eigenvalue weighted by atomic mass is 79.9. The topological polar surface area (TPSA) is 87.4 Å². The molecule has 1 aromatic carbocycles. The lowest BCUT2D eigenvalue weighted by Crippen LogP contribution is -2.38. The molecule has 3 N–H and O–H groups in total. The van der Waals surface area contributed by atoms with E-state index in [4.69, 9.17) is 0 Å². The van der Waals surface area contributed by atoms with Crippen molar-refractivity contribution in [1.82, 2.24) is 15.1 Å². The summed E-state index contributed by atoms with van der Waals surface area (Å²) in [5.74, 6) is 0.360. The molecule has 1 amide bonds. The van der Waals surface area contributed by atoms with E-state index in [1.54, 1.807) is 16.8 Å². The summed E-state index contributed by atoms with van der Waals surface area (Å²) >= 11 is 3.47. The first-order valence-electron chi connectivity index (χ1n) is 8.96. The van der Waals surface area contributed by atoms with E-state index in [0.29, 0.717) is 12.2 Å². The Morgan fingerprint density at radius 2 is 2.00 bits per heavy atom. The second kappa shape index (κ2) is 7.70. The standard InChI is InChI=1S/C19H24BrN3O3/c1-3-23-18(17(20)11(2)22-23)19(26)21-13-6-4-12(5-7-13)15-9-8-14(24)10-16(15)25/h8-10,12-13,24-25H,3-7H2,1-2H3,(H,21,26). The third kappa shape index (κ3) is 3.72. The van der Waals surface area contributed by atoms with E-state index in [0.717, 1.165) is 41.4 Å². The molecule has 7 heteroatoms. The van der Waals surface area contributed by atoms with Crippen molar-refractivity contribution >= 4 is 21.8 Å². The van der Waals surface area contributed by atoms with Crippen molar-refractivity contribution in [2.45, 2.75) is 58.0 Å². The molecule has 0 spiro atoms. The third-order valence-corrected chi connectivity index (χ3v) is 6.03. The molecule has 26 heavy (non-hydrogen) atoms. The Kier molecular flexibility index (Phi) is 5.55. The van der Waals surface area contributed by atoms with Crippen LogP contribution in [0.4, 0.5) is 0 Å². The van der Waals surface area contributed by atoms with Crippen molar-refractivity contribution in [2.75, 3.05) is 0 Å². The first kappa shape index (κ1) is 18.8. The van der Waals surface area contributed by atoms with Crippen LogP contribution in [0.5, 0.6) is 11.5 Å². The van der Waals surface area contributed by atoms with E-state index in [-0.39, 0.29) is 29.4 Å². The fraction of sp³-hybridized carbons (Fsp3) is 0.474. The molecule has 1 fully saturated rings. The predicted octanol–water partition coefficient (Wildman–Crippen LogP) is 3.84. The van der Waals surface area contributed by atoms with Crippen molar-refractivity contribution in [3.05, 3.63) is 39.6 Å². The summed E-state index contributed by atoms with van der Waals surface area (Å²) in [6.45, 7) is 4.48. The van der Waals surface area contributed by atoms with E-state index in [1.807, 2.05) is 13.8 Å². The van der Waals surface area contributed by atoms with Gasteiger partial charge in [0.25, 0.3) is 5.91 Å². The normalized spacial score (nSPS) is 20.1. The van der Waals surface area contributed by atoms with Gasteiger partial charge >= 0.3 is 0 Å². The SMILES string of the molecule is CCn1nc(C)c(Br)c1C(=O)NC1CCC(c2ccc(O)cc2O)CC1. The van der Waals surface area contributed by atoms with Crippen molar-refractivity contribution in [2.24, 2.45) is 0 Å². The largest absolute Gasteiger partial charge is 0.508 e. The lowest BCUT2D eigenvalue weighted by atomic mass is 9.81. The minimum atomic E-state index is -0.102. The van der Waals surface area contributed by atoms with E-state index in [2.05, 4.69) is 26.3 Å². The maximum Gasteiger partial charge on any atom is 0.270 e. The summed E-state index contributed by atoms with van der Waals surface area (Å²) in [6, 6.07) is 4.89. The highest BCUT2D eigenvalue weighted by Crippen LogP contribution is 2.38. The molecule has 0 bridgehead atoms. The number of aromatic nitrogens is 2. The summed E-state index contributed by atoms with van der Waals surface area (Å²) in [6.07, 6.45) is 3.48. The van der Waals surface area contributed by atoms with Crippen molar-refractivity contribution in [3.8, 4) is 11.5 Å². The Morgan fingerprint density at radius 3 is 2.62 bits per heavy atom. The third-order valence-electron chi connectivity index (χ3n) is 5.09. The number of nitrogens with one attached hydrogen (secondary N) is 1. The number of hydrogen-bond donors (Lipinski definition) is 3. The summed E-state index contributed by atoms with van der Waals surface area (Å²) in [7, 11) is 0. The van der Waals surface area contributed by atoms with Crippen LogP contribution in [-0.2, 0) is 6.54 Å². The number of nitrogens with zero attached hydrogens (tertiary/aromatic N) is 2. The fourth-order valence-corrected chi connectivity index (χ4v) is 4.15. The number of aryl methyl sites for hydroxylation is 2. The molecule has 6 nitrogen and oxygen atoms in total. The number of aromatic hydroxyl groups is 2. The number of rotatable bonds is 4. The highest BCUT2D eigenvalue weighted by Gasteiger charge is 2.27. The van der Waals surface area contributed by atoms with Crippen LogP contribution in [0, 0.1) is 6.92 Å². The van der Waals surface area contributed by atoms with Gasteiger partial charge in [-0.3, -0.25) is 9.48 Å². The summed E-state index contributed by atoms with van der Waals surface area (Å²) in [5.41, 5.74) is 2.25. The van der Waals surface area contributed by atoms with Gasteiger partial charge < -0.3 is 15.5 Å². The van der Waals surface area contributed by atoms with Crippen molar-refractivity contribution in [3.63, 3.8) is 0 Å². The van der Waals surface area contributed by atoms with Gasteiger partial charge in [-0.1, -0.05) is 6.07 Å². The zero-order chi connectivity index (χ0) is 18.8. The average molecular weight is 422 g/mol. The number of carbonyl (C=O) groups excluding carboxylic acids is 1. The number of benzene rings is 1. The van der Waals surface area contributed by atoms with Crippen LogP contribution in [-0.4, -0.2) is 31.9 Å². The van der Waals surface area contributed by atoms with Crippen LogP contribution in [0.25, 0.3) is 0 Å². The molecule has 1 aliphatic rings. The first-order chi connectivity index (χ1) is 12.4. The quantitative estimate of drug-likeness (QED) is 0.699. The summed E-state index contributed by atoms with van der Waals surface area (Å²) < 4.78 is 2.47. The molecule has 0 aliphatic heterocycles. The van der Waals surface area contributed by atoms with E-state index in [1.165, 1.54) is 6.07 Å². The molecule has 0 atom stereocenters. The monoisotopic (exact) mass is 421 g/mol. The molecule has 1 heterocycles. The van der Waals surface area contributed by atoms with Gasteiger partial charge in [-0.05, 0) is 73.0 Å². The average Bonchev–Trinajstić information content (AvgIpc) is 2.90. The van der Waals surface area contributed by atoms with E-state index >= 15 is 0 Å². The Balaban J connectivity index is 1.63. The van der Waals surface area contributed by atoms with Gasteiger partial charge in [0, 0.05) is 18.7 Å². The Labute approximate surface area is 161 Å². The predicted molar refractivity (Wildman–Crippen MR) is 103 cm³/mol. The number of hydrogen-bond acceptors (Lipinski definition) is 4. The molecule has 0 radical (unpaired) electrons. The Morgan fingerprint density at radius 1 is 1.31 bits per heavy atom. The Bertz CT molecular complexity index is 811. The van der Waals surface area contributed by atoms with Gasteiger partial charge in [0.05, 0.1) is 10.2 Å². The number of halogens is 1. The molecular weight excluding hydrogens is 398 g/mol. The fourth-order valence-electron chi connectivity index (χ4n) is 3.69. The van der Waals surface area contributed by atoms with Gasteiger partial charge in [0.2, 0.25) is 0 Å². The van der Waals surface area contributed by atoms with Crippen LogP contribution in [0.3, 0.4) is 0 Å². The lowest BCUT2D eigenvalue weighted by molar-refractivity contribution is 0.0914. The molecule has 1 aliphatic carbocycles. The van der Waals surface area contributed by atoms with Crippen LogP contribution >= 0.6 is 15.9 Å². The van der Waals surface area contributed by atoms with Crippen molar-refractivity contribution in [1.29, 1.82) is 0 Å². The second-order valence-corrected chi connectivity index (χ2v) is 7.62. The Hall–Kier alpha value is -2.02. The number of amides is 1. The van der Waals surface area contributed by atoms with E-state index < -0.39 is 0 Å². The molecule has 2 aromatic rings. The molecule has 140 valence electrons. The number of phenols is 2. The molecular formula is C19H24BrN3O3. The summed E-state index contributed by atoms with van der Waals surface area (Å²) in [5, 5.41) is 27.0. The number of carbonyl (C=O) groups is 1. The van der Waals surface area contributed by atoms with Gasteiger partial charge in [0.1, 0.15) is 17.2 Å². The summed E-state index contributed by atoms with van der Waals surface area (Å²) in [4.78, 5) is 12.7. The van der Waals surface area contributed by atoms with Gasteiger partial charge in [-0.15, -0.1) is 0 Å². The van der Waals surface area contributed by atoms with E-state index in [9.17, 15) is 15.0 Å². The molecule has 0 saturated heterocycles. The minimum absolute atomic E-state index is 0.0700. The van der Waals surface area contributed by atoms with Gasteiger partial charge in [-0.2, -0.15) is 5.10 Å². The molecule has 3 rings (SSSR count). The number of phenolic OH excluding ortho intramolecular Hbond substituents is 2. The zero-order valence-electron chi connectivity index (χ0n) is 15.0. The zero-order valence-corrected chi connectivity index (χ0v) is 16.6. The lowest BCUT2D eigenvalue weighted by Gasteiger charge is -2.29. The molecule has 1 saturated carbocycles. The molecule has 1 aromatic heterocycles. The van der Waals surface area contributed by atoms with Crippen LogP contribution in [0.2, 0.25) is 0 Å². The second-order valence-electron chi connectivity index (χ2n) is 6.83. The smallest absolute Gasteiger partial charge is 0.270 e. The first-order valence-corrected chi connectivity index (χ1v) is 9.75.